The van der Waals surface area contributed by atoms with Crippen LogP contribution >= 0.6 is 0 Å². The average molecular weight is 210 g/mol. The maximum atomic E-state index is 11.7. The quantitative estimate of drug-likeness (QED) is 0.774. The second-order valence-electron chi connectivity index (χ2n) is 4.64. The molecule has 0 bridgehead atoms. The first-order valence-electron chi connectivity index (χ1n) is 4.89. The number of carbonyl (C=O) groups is 1. The van der Waals surface area contributed by atoms with Crippen LogP contribution < -0.4 is 5.32 Å². The van der Waals surface area contributed by atoms with E-state index in [2.05, 4.69) is 15.5 Å². The number of carbonyl (C=O) groups excluding carboxylic acids is 1. The lowest BCUT2D eigenvalue weighted by molar-refractivity contribution is 0.197. The summed E-state index contributed by atoms with van der Waals surface area (Å²) in [5, 5.41) is 9.43. The van der Waals surface area contributed by atoms with Gasteiger partial charge in [0.1, 0.15) is 0 Å². The molecule has 0 fully saturated rings. The van der Waals surface area contributed by atoms with Gasteiger partial charge in [0.25, 0.3) is 0 Å². The van der Waals surface area contributed by atoms with E-state index in [-0.39, 0.29) is 11.6 Å². The number of urea groups is 1. The van der Waals surface area contributed by atoms with Gasteiger partial charge in [-0.1, -0.05) is 0 Å². The first-order valence-corrected chi connectivity index (χ1v) is 4.89. The van der Waals surface area contributed by atoms with Gasteiger partial charge in [0.05, 0.1) is 12.7 Å². The lowest BCUT2D eigenvalue weighted by Crippen LogP contribution is -2.46. The molecule has 0 radical (unpaired) electrons. The molecule has 2 amide bonds. The molecule has 0 saturated heterocycles. The molecule has 5 nitrogen and oxygen atoms in total. The fourth-order valence-corrected chi connectivity index (χ4v) is 1.13. The summed E-state index contributed by atoms with van der Waals surface area (Å²) in [6.45, 7) is 6.42. The Bertz CT molecular complexity index is 313. The number of amides is 2. The van der Waals surface area contributed by atoms with Crippen molar-refractivity contribution >= 4 is 6.03 Å². The Morgan fingerprint density at radius 2 is 2.27 bits per heavy atom. The summed E-state index contributed by atoms with van der Waals surface area (Å²) in [4.78, 5) is 13.3. The summed E-state index contributed by atoms with van der Waals surface area (Å²) in [7, 11) is 1.76. The Morgan fingerprint density at radius 3 is 2.73 bits per heavy atom. The number of hydrogen-bond acceptors (Lipinski definition) is 2. The molecule has 1 aromatic heterocycles. The summed E-state index contributed by atoms with van der Waals surface area (Å²) in [5.41, 5.74) is 0.781. The molecule has 0 saturated carbocycles. The monoisotopic (exact) mass is 210 g/mol. The van der Waals surface area contributed by atoms with Gasteiger partial charge in [0, 0.05) is 24.3 Å². The molecule has 84 valence electrons. The molecular weight excluding hydrogens is 192 g/mol. The van der Waals surface area contributed by atoms with Gasteiger partial charge < -0.3 is 10.2 Å². The SMILES string of the molecule is CN(Cc1cn[nH]c1)C(=O)NC(C)(C)C. The van der Waals surface area contributed by atoms with Crippen LogP contribution in [0.5, 0.6) is 0 Å². The number of H-pyrrole nitrogens is 1. The largest absolute Gasteiger partial charge is 0.333 e. The number of nitrogens with zero attached hydrogens (tertiary/aromatic N) is 2. The van der Waals surface area contributed by atoms with Crippen LogP contribution in [0.2, 0.25) is 0 Å². The van der Waals surface area contributed by atoms with E-state index in [9.17, 15) is 4.79 Å². The number of hydrogen-bond donors (Lipinski definition) is 2. The van der Waals surface area contributed by atoms with Crippen molar-refractivity contribution in [2.24, 2.45) is 0 Å². The second kappa shape index (κ2) is 4.33. The molecule has 2 N–H and O–H groups in total. The molecule has 0 aliphatic carbocycles. The lowest BCUT2D eigenvalue weighted by atomic mass is 10.1. The van der Waals surface area contributed by atoms with Gasteiger partial charge in [-0.3, -0.25) is 5.10 Å². The number of nitrogens with one attached hydrogen (secondary N) is 2. The summed E-state index contributed by atoms with van der Waals surface area (Å²) in [6, 6.07) is -0.0799. The van der Waals surface area contributed by atoms with E-state index >= 15 is 0 Å². The zero-order valence-electron chi connectivity index (χ0n) is 9.66. The fraction of sp³-hybridized carbons (Fsp3) is 0.600. The molecule has 1 heterocycles. The van der Waals surface area contributed by atoms with E-state index in [0.29, 0.717) is 6.54 Å². The van der Waals surface area contributed by atoms with Crippen LogP contribution in [0.4, 0.5) is 4.79 Å². The summed E-state index contributed by atoms with van der Waals surface area (Å²) >= 11 is 0. The Kier molecular flexibility index (Phi) is 3.34. The van der Waals surface area contributed by atoms with E-state index in [1.165, 1.54) is 0 Å². The molecule has 0 aliphatic heterocycles. The standard InChI is InChI=1S/C10H18N4O/c1-10(2,3)13-9(15)14(4)7-8-5-11-12-6-8/h5-6H,7H2,1-4H3,(H,11,12)(H,13,15). The van der Waals surface area contributed by atoms with Crippen molar-refractivity contribution in [1.29, 1.82) is 0 Å². The first kappa shape index (κ1) is 11.6. The van der Waals surface area contributed by atoms with Crippen LogP contribution in [0, 0.1) is 0 Å². The highest BCUT2D eigenvalue weighted by atomic mass is 16.2. The first-order chi connectivity index (χ1) is 6.88. The molecule has 0 spiro atoms. The van der Waals surface area contributed by atoms with Crippen molar-refractivity contribution in [1.82, 2.24) is 20.4 Å². The van der Waals surface area contributed by atoms with Gasteiger partial charge in [0.15, 0.2) is 0 Å². The molecule has 0 aromatic carbocycles. The smallest absolute Gasteiger partial charge is 0.317 e. The van der Waals surface area contributed by atoms with Gasteiger partial charge in [-0.25, -0.2) is 4.79 Å². The maximum absolute atomic E-state index is 11.7. The van der Waals surface area contributed by atoms with Gasteiger partial charge in [-0.2, -0.15) is 5.10 Å². The van der Waals surface area contributed by atoms with E-state index in [1.54, 1.807) is 24.3 Å². The van der Waals surface area contributed by atoms with Gasteiger partial charge in [0.2, 0.25) is 0 Å². The Morgan fingerprint density at radius 1 is 1.60 bits per heavy atom. The fourth-order valence-electron chi connectivity index (χ4n) is 1.13. The number of rotatable bonds is 2. The molecule has 5 heteroatoms. The van der Waals surface area contributed by atoms with Crippen LogP contribution in [-0.4, -0.2) is 33.7 Å². The van der Waals surface area contributed by atoms with E-state index in [0.717, 1.165) is 5.56 Å². The Labute approximate surface area is 89.9 Å². The number of aromatic amines is 1. The molecular formula is C10H18N4O. The van der Waals surface area contributed by atoms with Crippen molar-refractivity contribution in [3.8, 4) is 0 Å². The molecule has 1 rings (SSSR count). The van der Waals surface area contributed by atoms with Crippen LogP contribution in [0.25, 0.3) is 0 Å². The molecule has 15 heavy (non-hydrogen) atoms. The van der Waals surface area contributed by atoms with Crippen LogP contribution in [-0.2, 0) is 6.54 Å². The third kappa shape index (κ3) is 4.01. The van der Waals surface area contributed by atoms with Crippen molar-refractivity contribution in [2.45, 2.75) is 32.9 Å². The zero-order valence-corrected chi connectivity index (χ0v) is 9.66. The third-order valence-corrected chi connectivity index (χ3v) is 1.80. The normalized spacial score (nSPS) is 11.2. The highest BCUT2D eigenvalue weighted by Gasteiger charge is 2.16. The van der Waals surface area contributed by atoms with E-state index in [1.807, 2.05) is 20.8 Å². The highest BCUT2D eigenvalue weighted by Crippen LogP contribution is 2.03. The van der Waals surface area contributed by atoms with Gasteiger partial charge >= 0.3 is 6.03 Å². The molecule has 0 aliphatic rings. The van der Waals surface area contributed by atoms with Crippen LogP contribution in [0.3, 0.4) is 0 Å². The highest BCUT2D eigenvalue weighted by molar-refractivity contribution is 5.74. The van der Waals surface area contributed by atoms with Crippen molar-refractivity contribution in [3.63, 3.8) is 0 Å². The van der Waals surface area contributed by atoms with E-state index in [4.69, 9.17) is 0 Å². The number of aromatic nitrogens is 2. The Hall–Kier alpha value is -1.52. The predicted molar refractivity (Wildman–Crippen MR) is 58.3 cm³/mol. The minimum absolute atomic E-state index is 0.0799. The average Bonchev–Trinajstić information content (AvgIpc) is 2.53. The van der Waals surface area contributed by atoms with Gasteiger partial charge in [-0.15, -0.1) is 0 Å². The predicted octanol–water partition coefficient (Wildman–Crippen LogP) is 1.35. The van der Waals surface area contributed by atoms with E-state index < -0.39 is 0 Å². The summed E-state index contributed by atoms with van der Waals surface area (Å²) in [5.74, 6) is 0. The summed E-state index contributed by atoms with van der Waals surface area (Å²) in [6.07, 6.45) is 3.49. The lowest BCUT2D eigenvalue weighted by Gasteiger charge is -2.25. The van der Waals surface area contributed by atoms with Crippen molar-refractivity contribution < 1.29 is 4.79 Å². The topological polar surface area (TPSA) is 61.0 Å². The third-order valence-electron chi connectivity index (χ3n) is 1.80. The minimum atomic E-state index is -0.207. The maximum Gasteiger partial charge on any atom is 0.317 e. The summed E-state index contributed by atoms with van der Waals surface area (Å²) < 4.78 is 0. The molecule has 1 aromatic rings. The Balaban J connectivity index is 2.47. The van der Waals surface area contributed by atoms with Crippen molar-refractivity contribution in [3.05, 3.63) is 18.0 Å². The molecule has 0 atom stereocenters. The van der Waals surface area contributed by atoms with Crippen LogP contribution in [0.1, 0.15) is 26.3 Å². The molecule has 0 unspecified atom stereocenters. The van der Waals surface area contributed by atoms with Crippen LogP contribution in [0.15, 0.2) is 12.4 Å². The zero-order chi connectivity index (χ0) is 11.5. The van der Waals surface area contributed by atoms with Crippen molar-refractivity contribution in [2.75, 3.05) is 7.05 Å². The minimum Gasteiger partial charge on any atom is -0.333 e. The van der Waals surface area contributed by atoms with Gasteiger partial charge in [-0.05, 0) is 20.8 Å². The second-order valence-corrected chi connectivity index (χ2v) is 4.64.